The van der Waals surface area contributed by atoms with Gasteiger partial charge in [0.05, 0.1) is 27.9 Å². The monoisotopic (exact) mass is 556 g/mol. The Balaban J connectivity index is 1.60. The first kappa shape index (κ1) is 28.0. The van der Waals surface area contributed by atoms with Gasteiger partial charge < -0.3 is 15.3 Å². The molecule has 1 aliphatic heterocycles. The molecular weight excluding hydrogens is 528 g/mol. The Morgan fingerprint density at radius 2 is 1.87 bits per heavy atom. The molecule has 0 radical (unpaired) electrons. The summed E-state index contributed by atoms with van der Waals surface area (Å²) in [5.41, 5.74) is -2.93. The summed E-state index contributed by atoms with van der Waals surface area (Å²) in [4.78, 5) is 28.0. The number of rotatable bonds is 7. The number of nitrogens with zero attached hydrogens (tertiary/aromatic N) is 1. The van der Waals surface area contributed by atoms with Crippen LogP contribution >= 0.6 is 0 Å². The standard InChI is InChI=1S/C26H28F4N2O5S/c1-3-38(36,37)18-6-4-5-16(12-18)24(34)32-14-15(2)11-21(32)23(33)31-22(25(35)9-10-25)19-8-7-17(13-20(19)27)26(28,29)30/h4-8,12-13,15,21-22,35H,3,9-11,14H2,1-2H3,(H,31,33)/t15-,21-,22+/m1/s1. The second kappa shape index (κ2) is 9.96. The van der Waals surface area contributed by atoms with Gasteiger partial charge in [0.2, 0.25) is 5.91 Å². The number of aliphatic hydroxyl groups is 1. The zero-order chi connectivity index (χ0) is 28.0. The van der Waals surface area contributed by atoms with E-state index in [4.69, 9.17) is 0 Å². The first-order chi connectivity index (χ1) is 17.7. The molecule has 7 nitrogen and oxygen atoms in total. The second-order valence-corrected chi connectivity index (χ2v) is 12.3. The highest BCUT2D eigenvalue weighted by Gasteiger charge is 2.51. The molecule has 0 aromatic heterocycles. The summed E-state index contributed by atoms with van der Waals surface area (Å²) < 4.78 is 78.4. The van der Waals surface area contributed by atoms with E-state index in [1.54, 1.807) is 0 Å². The lowest BCUT2D eigenvalue weighted by molar-refractivity contribution is -0.137. The molecule has 2 aliphatic rings. The van der Waals surface area contributed by atoms with Crippen LogP contribution in [-0.2, 0) is 20.8 Å². The molecular formula is C26H28F4N2O5S. The summed E-state index contributed by atoms with van der Waals surface area (Å²) in [6.45, 7) is 3.51. The molecule has 1 heterocycles. The number of likely N-dealkylation sites (tertiary alicyclic amines) is 1. The molecule has 2 amide bonds. The van der Waals surface area contributed by atoms with Crippen LogP contribution in [-0.4, -0.2) is 54.2 Å². The molecule has 2 fully saturated rings. The van der Waals surface area contributed by atoms with Gasteiger partial charge in [-0.1, -0.05) is 26.0 Å². The molecule has 206 valence electrons. The highest BCUT2D eigenvalue weighted by Crippen LogP contribution is 2.47. The van der Waals surface area contributed by atoms with Crippen molar-refractivity contribution in [3.63, 3.8) is 0 Å². The maximum absolute atomic E-state index is 14.8. The molecule has 1 saturated carbocycles. The van der Waals surface area contributed by atoms with Crippen molar-refractivity contribution >= 4 is 21.7 Å². The van der Waals surface area contributed by atoms with Crippen LogP contribution in [0, 0.1) is 11.7 Å². The van der Waals surface area contributed by atoms with Gasteiger partial charge in [0, 0.05) is 17.7 Å². The van der Waals surface area contributed by atoms with Gasteiger partial charge >= 0.3 is 6.18 Å². The van der Waals surface area contributed by atoms with E-state index < -0.39 is 56.9 Å². The van der Waals surface area contributed by atoms with Crippen molar-refractivity contribution in [2.24, 2.45) is 5.92 Å². The molecule has 2 N–H and O–H groups in total. The largest absolute Gasteiger partial charge is 0.416 e. The summed E-state index contributed by atoms with van der Waals surface area (Å²) >= 11 is 0. The molecule has 38 heavy (non-hydrogen) atoms. The van der Waals surface area contributed by atoms with Crippen molar-refractivity contribution in [1.29, 1.82) is 0 Å². The van der Waals surface area contributed by atoms with Crippen LogP contribution in [0.1, 0.15) is 60.6 Å². The van der Waals surface area contributed by atoms with Crippen molar-refractivity contribution < 1.29 is 40.7 Å². The molecule has 1 aliphatic carbocycles. The zero-order valence-corrected chi connectivity index (χ0v) is 21.6. The Bertz CT molecular complexity index is 1360. The van der Waals surface area contributed by atoms with Gasteiger partial charge in [0.1, 0.15) is 11.9 Å². The average Bonchev–Trinajstić information content (AvgIpc) is 3.49. The Hall–Kier alpha value is -2.99. The molecule has 0 bridgehead atoms. The highest BCUT2D eigenvalue weighted by molar-refractivity contribution is 7.91. The van der Waals surface area contributed by atoms with Gasteiger partial charge in [0.25, 0.3) is 5.91 Å². The number of alkyl halides is 3. The molecule has 0 spiro atoms. The normalized spacial score (nSPS) is 21.7. The number of sulfone groups is 1. The van der Waals surface area contributed by atoms with Crippen molar-refractivity contribution in [2.45, 2.75) is 61.9 Å². The maximum Gasteiger partial charge on any atom is 0.416 e. The summed E-state index contributed by atoms with van der Waals surface area (Å²) in [6.07, 6.45) is -4.09. The minimum atomic E-state index is -4.76. The van der Waals surface area contributed by atoms with Gasteiger partial charge in [-0.3, -0.25) is 9.59 Å². The summed E-state index contributed by atoms with van der Waals surface area (Å²) in [5, 5.41) is 13.4. The first-order valence-corrected chi connectivity index (χ1v) is 13.8. The maximum atomic E-state index is 14.8. The van der Waals surface area contributed by atoms with Crippen LogP contribution in [0.4, 0.5) is 17.6 Å². The van der Waals surface area contributed by atoms with Crippen LogP contribution in [0.2, 0.25) is 0 Å². The van der Waals surface area contributed by atoms with Crippen molar-refractivity contribution in [3.8, 4) is 0 Å². The second-order valence-electron chi connectivity index (χ2n) is 10.0. The SMILES string of the molecule is CCS(=O)(=O)c1cccc(C(=O)N2C[C@H](C)C[C@@H]2C(=O)N[C@@H](c2ccc(C(F)(F)F)cc2F)C2(O)CC2)c1. The molecule has 0 unspecified atom stereocenters. The molecule has 2 aromatic rings. The topological polar surface area (TPSA) is 104 Å². The summed E-state index contributed by atoms with van der Waals surface area (Å²) in [7, 11) is -3.57. The number of amides is 2. The minimum absolute atomic E-state index is 0.0205. The fourth-order valence-electron chi connectivity index (χ4n) is 4.77. The number of carbonyl (C=O) groups is 2. The van der Waals surface area contributed by atoms with Gasteiger partial charge in [-0.2, -0.15) is 13.2 Å². The number of halogens is 4. The van der Waals surface area contributed by atoms with Gasteiger partial charge in [-0.15, -0.1) is 0 Å². The predicted octanol–water partition coefficient (Wildman–Crippen LogP) is 3.87. The fourth-order valence-corrected chi connectivity index (χ4v) is 5.69. The van der Waals surface area contributed by atoms with Crippen LogP contribution in [0.25, 0.3) is 0 Å². The Morgan fingerprint density at radius 1 is 1.18 bits per heavy atom. The van der Waals surface area contributed by atoms with Gasteiger partial charge in [0.15, 0.2) is 9.84 Å². The van der Waals surface area contributed by atoms with E-state index in [0.29, 0.717) is 12.1 Å². The van der Waals surface area contributed by atoms with Crippen molar-refractivity contribution in [3.05, 3.63) is 65.0 Å². The molecule has 1 saturated heterocycles. The minimum Gasteiger partial charge on any atom is -0.387 e. The summed E-state index contributed by atoms with van der Waals surface area (Å²) in [5.74, 6) is -2.72. The van der Waals surface area contributed by atoms with Crippen LogP contribution in [0.5, 0.6) is 0 Å². The number of carbonyl (C=O) groups excluding carboxylic acids is 2. The van der Waals surface area contributed by atoms with Crippen LogP contribution in [0.15, 0.2) is 47.4 Å². The third kappa shape index (κ3) is 5.56. The van der Waals surface area contributed by atoms with E-state index in [1.807, 2.05) is 6.92 Å². The Labute approximate surface area is 217 Å². The number of nitrogens with one attached hydrogen (secondary N) is 1. The first-order valence-electron chi connectivity index (χ1n) is 12.2. The van der Waals surface area contributed by atoms with Crippen molar-refractivity contribution in [2.75, 3.05) is 12.3 Å². The van der Waals surface area contributed by atoms with Crippen LogP contribution < -0.4 is 5.32 Å². The van der Waals surface area contributed by atoms with Gasteiger partial charge in [-0.05, 0) is 55.5 Å². The van der Waals surface area contributed by atoms with E-state index in [-0.39, 0.29) is 53.5 Å². The lowest BCUT2D eigenvalue weighted by Crippen LogP contribution is -2.49. The highest BCUT2D eigenvalue weighted by atomic mass is 32.2. The van der Waals surface area contributed by atoms with E-state index in [2.05, 4.69) is 5.32 Å². The lowest BCUT2D eigenvalue weighted by Gasteiger charge is -2.29. The Morgan fingerprint density at radius 3 is 2.45 bits per heavy atom. The van der Waals surface area contributed by atoms with Crippen molar-refractivity contribution in [1.82, 2.24) is 10.2 Å². The molecule has 12 heteroatoms. The van der Waals surface area contributed by atoms with E-state index in [1.165, 1.54) is 36.1 Å². The smallest absolute Gasteiger partial charge is 0.387 e. The molecule has 4 rings (SSSR count). The third-order valence-corrected chi connectivity index (χ3v) is 8.85. The fraction of sp³-hybridized carbons (Fsp3) is 0.462. The predicted molar refractivity (Wildman–Crippen MR) is 129 cm³/mol. The van der Waals surface area contributed by atoms with E-state index >= 15 is 0 Å². The van der Waals surface area contributed by atoms with E-state index in [9.17, 15) is 40.7 Å². The molecule has 3 atom stereocenters. The molecule has 2 aromatic carbocycles. The average molecular weight is 557 g/mol. The quantitative estimate of drug-likeness (QED) is 0.504. The zero-order valence-electron chi connectivity index (χ0n) is 20.8. The number of hydrogen-bond acceptors (Lipinski definition) is 5. The Kier molecular flexibility index (Phi) is 7.34. The van der Waals surface area contributed by atoms with Gasteiger partial charge in [-0.25, -0.2) is 12.8 Å². The lowest BCUT2D eigenvalue weighted by atomic mass is 9.96. The number of hydrogen-bond donors (Lipinski definition) is 2. The summed E-state index contributed by atoms with van der Waals surface area (Å²) in [6, 6.07) is 5.12. The van der Waals surface area contributed by atoms with E-state index in [0.717, 1.165) is 6.07 Å². The number of benzene rings is 2. The van der Waals surface area contributed by atoms with Crippen LogP contribution in [0.3, 0.4) is 0 Å². The third-order valence-electron chi connectivity index (χ3n) is 7.12.